The van der Waals surface area contributed by atoms with Crippen LogP contribution in [0.3, 0.4) is 0 Å². The molecule has 2 aromatic rings. The molecule has 2 fully saturated rings. The van der Waals surface area contributed by atoms with Crippen molar-refractivity contribution >= 4 is 22.5 Å². The molecule has 2 saturated heterocycles. The van der Waals surface area contributed by atoms with Crippen molar-refractivity contribution in [2.24, 2.45) is 11.8 Å². The normalized spacial score (nSPS) is 24.1. The summed E-state index contributed by atoms with van der Waals surface area (Å²) in [6.07, 6.45) is -0.936. The molecule has 4 nitrogen and oxygen atoms in total. The van der Waals surface area contributed by atoms with Gasteiger partial charge >= 0.3 is 6.18 Å². The van der Waals surface area contributed by atoms with E-state index < -0.39 is 11.7 Å². The molecule has 1 aromatic heterocycles. The molecule has 0 aliphatic carbocycles. The first-order valence-electron chi connectivity index (χ1n) is 8.42. The minimum absolute atomic E-state index is 0.0554. The van der Waals surface area contributed by atoms with E-state index >= 15 is 0 Å². The lowest BCUT2D eigenvalue weighted by molar-refractivity contribution is -0.137. The van der Waals surface area contributed by atoms with Crippen LogP contribution in [0.25, 0.3) is 10.9 Å². The second-order valence-electron chi connectivity index (χ2n) is 6.74. The monoisotopic (exact) mass is 349 g/mol. The first-order valence-corrected chi connectivity index (χ1v) is 8.42. The zero-order valence-electron chi connectivity index (χ0n) is 13.5. The molecular weight excluding hydrogens is 331 g/mol. The Hall–Kier alpha value is -2.31. The molecule has 1 N–H and O–H groups in total. The summed E-state index contributed by atoms with van der Waals surface area (Å²) in [6.45, 7) is 2.13. The van der Waals surface area contributed by atoms with E-state index in [2.05, 4.69) is 15.2 Å². The highest BCUT2D eigenvalue weighted by molar-refractivity contribution is 5.92. The van der Waals surface area contributed by atoms with E-state index in [1.54, 1.807) is 0 Å². The minimum atomic E-state index is -4.38. The zero-order valence-corrected chi connectivity index (χ0v) is 13.5. The second-order valence-corrected chi connectivity index (χ2v) is 6.74. The van der Waals surface area contributed by atoms with Crippen LogP contribution in [0.4, 0.5) is 18.9 Å². The number of carbonyl (C=O) groups is 1. The van der Waals surface area contributed by atoms with E-state index in [0.29, 0.717) is 23.4 Å². The van der Waals surface area contributed by atoms with E-state index in [-0.39, 0.29) is 11.8 Å². The maximum atomic E-state index is 12.9. The highest BCUT2D eigenvalue weighted by Gasteiger charge is 2.37. The first kappa shape index (κ1) is 16.2. The van der Waals surface area contributed by atoms with Gasteiger partial charge in [-0.2, -0.15) is 13.2 Å². The maximum absolute atomic E-state index is 12.9. The maximum Gasteiger partial charge on any atom is 0.416 e. The van der Waals surface area contributed by atoms with Gasteiger partial charge < -0.3 is 10.2 Å². The number of nitrogens with one attached hydrogen (secondary N) is 1. The van der Waals surface area contributed by atoms with Gasteiger partial charge in [0.05, 0.1) is 17.0 Å². The number of piperidine rings is 2. The molecule has 2 aliphatic heterocycles. The van der Waals surface area contributed by atoms with Crippen molar-refractivity contribution in [3.05, 3.63) is 36.0 Å². The Morgan fingerprint density at radius 2 is 2.04 bits per heavy atom. The number of hydrogen-bond donors (Lipinski definition) is 1. The van der Waals surface area contributed by atoms with Crippen LogP contribution in [0.5, 0.6) is 0 Å². The van der Waals surface area contributed by atoms with Crippen LogP contribution < -0.4 is 10.2 Å². The van der Waals surface area contributed by atoms with Gasteiger partial charge in [0.2, 0.25) is 5.91 Å². The van der Waals surface area contributed by atoms with Gasteiger partial charge in [0.25, 0.3) is 0 Å². The number of halogens is 3. The van der Waals surface area contributed by atoms with Crippen molar-refractivity contribution in [2.75, 3.05) is 24.5 Å². The highest BCUT2D eigenvalue weighted by Crippen LogP contribution is 2.36. The predicted molar refractivity (Wildman–Crippen MR) is 88.2 cm³/mol. The third kappa shape index (κ3) is 2.92. The van der Waals surface area contributed by atoms with Crippen molar-refractivity contribution in [2.45, 2.75) is 19.0 Å². The van der Waals surface area contributed by atoms with Crippen molar-refractivity contribution in [1.82, 2.24) is 10.3 Å². The Morgan fingerprint density at radius 1 is 1.20 bits per heavy atom. The summed E-state index contributed by atoms with van der Waals surface area (Å²) in [6, 6.07) is 5.47. The van der Waals surface area contributed by atoms with E-state index in [4.69, 9.17) is 0 Å². The van der Waals surface area contributed by atoms with Crippen LogP contribution in [0.1, 0.15) is 18.4 Å². The van der Waals surface area contributed by atoms with Gasteiger partial charge in [0.15, 0.2) is 0 Å². The number of amides is 1. The third-order valence-electron chi connectivity index (χ3n) is 5.29. The van der Waals surface area contributed by atoms with Crippen LogP contribution in [0, 0.1) is 11.8 Å². The summed E-state index contributed by atoms with van der Waals surface area (Å²) in [4.78, 5) is 18.4. The Balaban J connectivity index is 1.68. The number of nitrogens with zero attached hydrogens (tertiary/aromatic N) is 2. The number of aromatic nitrogens is 1. The number of hydrogen-bond acceptors (Lipinski definition) is 3. The standard InChI is InChI=1S/C18H18F3N3O/c19-18(20,21)12-1-2-13-15(9-12)22-7-4-16(13)24-8-5-11-3-6-23-17(25)14(11)10-24/h1-2,4,7,9,11,14H,3,5-6,8,10H2,(H,23,25)/t11-,14+/m0/s1. The van der Waals surface area contributed by atoms with E-state index in [0.717, 1.165) is 43.8 Å². The highest BCUT2D eigenvalue weighted by atomic mass is 19.4. The van der Waals surface area contributed by atoms with Gasteiger partial charge in [-0.3, -0.25) is 9.78 Å². The third-order valence-corrected chi connectivity index (χ3v) is 5.29. The van der Waals surface area contributed by atoms with Crippen LogP contribution in [-0.4, -0.2) is 30.5 Å². The molecule has 0 radical (unpaired) electrons. The van der Waals surface area contributed by atoms with Gasteiger partial charge in [-0.25, -0.2) is 0 Å². The van der Waals surface area contributed by atoms with Gasteiger partial charge in [-0.1, -0.05) is 6.07 Å². The lowest BCUT2D eigenvalue weighted by atomic mass is 9.80. The molecule has 25 heavy (non-hydrogen) atoms. The molecular formula is C18H18F3N3O. The summed E-state index contributed by atoms with van der Waals surface area (Å²) in [5.74, 6) is 0.425. The lowest BCUT2D eigenvalue weighted by Crippen LogP contribution is -2.51. The van der Waals surface area contributed by atoms with Crippen LogP contribution in [-0.2, 0) is 11.0 Å². The molecule has 2 atom stereocenters. The number of anilines is 1. The zero-order chi connectivity index (χ0) is 17.6. The molecule has 1 amide bonds. The largest absolute Gasteiger partial charge is 0.416 e. The van der Waals surface area contributed by atoms with E-state index in [1.165, 1.54) is 12.3 Å². The fraction of sp³-hybridized carbons (Fsp3) is 0.444. The Labute approximate surface area is 143 Å². The van der Waals surface area contributed by atoms with E-state index in [9.17, 15) is 18.0 Å². The fourth-order valence-corrected chi connectivity index (χ4v) is 3.96. The molecule has 0 bridgehead atoms. The molecule has 2 aliphatic rings. The van der Waals surface area contributed by atoms with Crippen molar-refractivity contribution in [3.63, 3.8) is 0 Å². The van der Waals surface area contributed by atoms with E-state index in [1.807, 2.05) is 6.07 Å². The van der Waals surface area contributed by atoms with Crippen molar-refractivity contribution < 1.29 is 18.0 Å². The van der Waals surface area contributed by atoms with Crippen LogP contribution in [0.15, 0.2) is 30.5 Å². The number of fused-ring (bicyclic) bond motifs is 2. The molecule has 132 valence electrons. The summed E-state index contributed by atoms with van der Waals surface area (Å²) in [7, 11) is 0. The van der Waals surface area contributed by atoms with Crippen molar-refractivity contribution in [1.29, 1.82) is 0 Å². The van der Waals surface area contributed by atoms with Gasteiger partial charge in [0.1, 0.15) is 0 Å². The van der Waals surface area contributed by atoms with Crippen LogP contribution in [0.2, 0.25) is 0 Å². The topological polar surface area (TPSA) is 45.2 Å². The molecule has 3 heterocycles. The number of alkyl halides is 3. The van der Waals surface area contributed by atoms with Gasteiger partial charge in [-0.15, -0.1) is 0 Å². The quantitative estimate of drug-likeness (QED) is 0.860. The van der Waals surface area contributed by atoms with Gasteiger partial charge in [-0.05, 0) is 37.0 Å². The summed E-state index contributed by atoms with van der Waals surface area (Å²) >= 11 is 0. The number of benzene rings is 1. The molecule has 0 spiro atoms. The fourth-order valence-electron chi connectivity index (χ4n) is 3.96. The molecule has 1 aromatic carbocycles. The average molecular weight is 349 g/mol. The Bertz CT molecular complexity index is 821. The number of rotatable bonds is 1. The molecule has 0 saturated carbocycles. The second kappa shape index (κ2) is 5.89. The Morgan fingerprint density at radius 3 is 2.84 bits per heavy atom. The van der Waals surface area contributed by atoms with Crippen molar-refractivity contribution in [3.8, 4) is 0 Å². The average Bonchev–Trinajstić information content (AvgIpc) is 2.60. The molecule has 4 rings (SSSR count). The predicted octanol–water partition coefficient (Wildman–Crippen LogP) is 3.22. The van der Waals surface area contributed by atoms with Gasteiger partial charge in [0, 0.05) is 36.9 Å². The van der Waals surface area contributed by atoms with Crippen LogP contribution >= 0.6 is 0 Å². The molecule has 0 unspecified atom stereocenters. The lowest BCUT2D eigenvalue weighted by Gasteiger charge is -2.41. The number of pyridine rings is 1. The first-order chi connectivity index (χ1) is 11.9. The summed E-state index contributed by atoms with van der Waals surface area (Å²) in [5, 5.41) is 3.60. The smallest absolute Gasteiger partial charge is 0.370 e. The summed E-state index contributed by atoms with van der Waals surface area (Å²) in [5.41, 5.74) is 0.466. The number of carbonyl (C=O) groups excluding carboxylic acids is 1. The molecule has 7 heteroatoms. The minimum Gasteiger partial charge on any atom is -0.370 e. The SMILES string of the molecule is O=C1NCC[C@H]2CCN(c3ccnc4cc(C(F)(F)F)ccc34)C[C@@H]12. The Kier molecular flexibility index (Phi) is 3.81. The summed E-state index contributed by atoms with van der Waals surface area (Å²) < 4.78 is 38.8.